The predicted octanol–water partition coefficient (Wildman–Crippen LogP) is 2.59. The summed E-state index contributed by atoms with van der Waals surface area (Å²) >= 11 is 3.53. The van der Waals surface area contributed by atoms with Crippen molar-refractivity contribution < 1.29 is 5.11 Å². The van der Waals surface area contributed by atoms with Gasteiger partial charge in [0, 0.05) is 4.47 Å². The van der Waals surface area contributed by atoms with Gasteiger partial charge < -0.3 is 10.8 Å². The minimum absolute atomic E-state index is 0.0447. The van der Waals surface area contributed by atoms with Gasteiger partial charge in [0.25, 0.3) is 0 Å². The van der Waals surface area contributed by atoms with Crippen LogP contribution in [-0.4, -0.2) is 11.7 Å². The van der Waals surface area contributed by atoms with Crippen LogP contribution in [0.3, 0.4) is 0 Å². The standard InChI is InChI=1S/C12H12BrNO/c13-12-9-4-2-1-3-8(9)5-6-10(12)11(14)7-15/h1-6,11,15H,7,14H2/t11-/m1/s1. The highest BCUT2D eigenvalue weighted by Crippen LogP contribution is 2.30. The van der Waals surface area contributed by atoms with Crippen molar-refractivity contribution in [2.24, 2.45) is 5.73 Å². The molecule has 0 saturated heterocycles. The first kappa shape index (κ1) is 10.6. The van der Waals surface area contributed by atoms with Gasteiger partial charge in [-0.25, -0.2) is 0 Å². The molecule has 0 radical (unpaired) electrons. The Morgan fingerprint density at radius 2 is 1.93 bits per heavy atom. The number of nitrogens with two attached hydrogens (primary N) is 1. The SMILES string of the molecule is N[C@H](CO)c1ccc2ccccc2c1Br. The zero-order chi connectivity index (χ0) is 10.8. The molecule has 2 nitrogen and oxygen atoms in total. The number of halogens is 1. The van der Waals surface area contributed by atoms with E-state index in [0.29, 0.717) is 0 Å². The third-order valence-corrected chi connectivity index (χ3v) is 3.37. The van der Waals surface area contributed by atoms with E-state index in [4.69, 9.17) is 10.8 Å². The highest BCUT2D eigenvalue weighted by Gasteiger charge is 2.10. The Morgan fingerprint density at radius 1 is 1.20 bits per heavy atom. The monoisotopic (exact) mass is 265 g/mol. The smallest absolute Gasteiger partial charge is 0.0624 e. The molecule has 2 aromatic rings. The minimum Gasteiger partial charge on any atom is -0.394 e. The van der Waals surface area contributed by atoms with Crippen LogP contribution in [-0.2, 0) is 0 Å². The average molecular weight is 266 g/mol. The normalized spacial score (nSPS) is 13.0. The van der Waals surface area contributed by atoms with Gasteiger partial charge >= 0.3 is 0 Å². The fourth-order valence-corrected chi connectivity index (χ4v) is 2.42. The molecule has 0 unspecified atom stereocenters. The first-order valence-corrected chi connectivity index (χ1v) is 5.57. The first-order valence-electron chi connectivity index (χ1n) is 4.77. The second kappa shape index (κ2) is 4.31. The molecule has 0 aliphatic rings. The van der Waals surface area contributed by atoms with Gasteiger partial charge in [-0.2, -0.15) is 0 Å². The Kier molecular flexibility index (Phi) is 3.05. The van der Waals surface area contributed by atoms with E-state index in [1.54, 1.807) is 0 Å². The van der Waals surface area contributed by atoms with Crippen LogP contribution in [0.5, 0.6) is 0 Å². The number of benzene rings is 2. The molecule has 0 aromatic heterocycles. The van der Waals surface area contributed by atoms with E-state index in [2.05, 4.69) is 15.9 Å². The van der Waals surface area contributed by atoms with Crippen molar-refractivity contribution in [3.05, 3.63) is 46.4 Å². The Hall–Kier alpha value is -0.900. The number of aliphatic hydroxyl groups is 1. The fourth-order valence-electron chi connectivity index (χ4n) is 1.64. The van der Waals surface area contributed by atoms with Crippen LogP contribution in [0.1, 0.15) is 11.6 Å². The van der Waals surface area contributed by atoms with E-state index >= 15 is 0 Å². The molecule has 3 heteroatoms. The summed E-state index contributed by atoms with van der Waals surface area (Å²) in [6.07, 6.45) is 0. The summed E-state index contributed by atoms with van der Waals surface area (Å²) in [4.78, 5) is 0. The van der Waals surface area contributed by atoms with Crippen LogP contribution in [0.2, 0.25) is 0 Å². The Bertz CT molecular complexity index is 484. The van der Waals surface area contributed by atoms with E-state index in [0.717, 1.165) is 15.4 Å². The highest BCUT2D eigenvalue weighted by molar-refractivity contribution is 9.10. The maximum atomic E-state index is 9.04. The summed E-state index contributed by atoms with van der Waals surface area (Å²) < 4.78 is 0.974. The Labute approximate surface area is 96.8 Å². The minimum atomic E-state index is -0.330. The van der Waals surface area contributed by atoms with Gasteiger partial charge in [-0.1, -0.05) is 36.4 Å². The summed E-state index contributed by atoms with van der Waals surface area (Å²) in [6.45, 7) is -0.0447. The van der Waals surface area contributed by atoms with Crippen LogP contribution in [0.4, 0.5) is 0 Å². The number of hydrogen-bond acceptors (Lipinski definition) is 2. The molecule has 15 heavy (non-hydrogen) atoms. The van der Waals surface area contributed by atoms with Gasteiger partial charge in [-0.05, 0) is 32.3 Å². The van der Waals surface area contributed by atoms with Crippen molar-refractivity contribution in [3.63, 3.8) is 0 Å². The zero-order valence-electron chi connectivity index (χ0n) is 8.15. The van der Waals surface area contributed by atoms with E-state index in [-0.39, 0.29) is 12.6 Å². The molecule has 0 saturated carbocycles. The van der Waals surface area contributed by atoms with E-state index in [1.807, 2.05) is 36.4 Å². The summed E-state index contributed by atoms with van der Waals surface area (Å²) in [5, 5.41) is 11.3. The molecular weight excluding hydrogens is 254 g/mol. The van der Waals surface area contributed by atoms with E-state index < -0.39 is 0 Å². The van der Waals surface area contributed by atoms with Gasteiger partial charge in [-0.15, -0.1) is 0 Å². The van der Waals surface area contributed by atoms with Crippen LogP contribution in [0.25, 0.3) is 10.8 Å². The molecule has 78 valence electrons. The summed E-state index contributed by atoms with van der Waals surface area (Å²) in [6, 6.07) is 11.7. The van der Waals surface area contributed by atoms with E-state index in [1.165, 1.54) is 5.39 Å². The molecule has 2 aromatic carbocycles. The lowest BCUT2D eigenvalue weighted by Crippen LogP contribution is -2.14. The third kappa shape index (κ3) is 1.91. The number of hydrogen-bond donors (Lipinski definition) is 2. The van der Waals surface area contributed by atoms with Crippen LogP contribution in [0.15, 0.2) is 40.9 Å². The number of aliphatic hydroxyl groups excluding tert-OH is 1. The number of rotatable bonds is 2. The molecular formula is C12H12BrNO. The molecule has 0 aliphatic heterocycles. The van der Waals surface area contributed by atoms with Crippen LogP contribution < -0.4 is 5.73 Å². The molecule has 3 N–H and O–H groups in total. The van der Waals surface area contributed by atoms with E-state index in [9.17, 15) is 0 Å². The largest absolute Gasteiger partial charge is 0.394 e. The molecule has 1 atom stereocenters. The third-order valence-electron chi connectivity index (χ3n) is 2.49. The van der Waals surface area contributed by atoms with Crippen molar-refractivity contribution in [1.29, 1.82) is 0 Å². The Morgan fingerprint density at radius 3 is 2.67 bits per heavy atom. The van der Waals surface area contributed by atoms with Crippen molar-refractivity contribution in [1.82, 2.24) is 0 Å². The van der Waals surface area contributed by atoms with Gasteiger partial charge in [-0.3, -0.25) is 0 Å². The second-order valence-electron chi connectivity index (χ2n) is 3.48. The summed E-state index contributed by atoms with van der Waals surface area (Å²) in [7, 11) is 0. The van der Waals surface area contributed by atoms with Gasteiger partial charge in [0.15, 0.2) is 0 Å². The maximum absolute atomic E-state index is 9.04. The van der Waals surface area contributed by atoms with Gasteiger partial charge in [0.1, 0.15) is 0 Å². The van der Waals surface area contributed by atoms with Gasteiger partial charge in [0.05, 0.1) is 12.6 Å². The highest BCUT2D eigenvalue weighted by atomic mass is 79.9. The topological polar surface area (TPSA) is 46.2 Å². The Balaban J connectivity index is 2.65. The molecule has 2 rings (SSSR count). The molecule has 0 aliphatic carbocycles. The zero-order valence-corrected chi connectivity index (χ0v) is 9.74. The van der Waals surface area contributed by atoms with Crippen LogP contribution in [0, 0.1) is 0 Å². The first-order chi connectivity index (χ1) is 7.24. The molecule has 0 spiro atoms. The molecule has 0 bridgehead atoms. The van der Waals surface area contributed by atoms with Gasteiger partial charge in [0.2, 0.25) is 0 Å². The summed E-state index contributed by atoms with van der Waals surface area (Å²) in [5.41, 5.74) is 6.75. The molecule has 0 amide bonds. The predicted molar refractivity (Wildman–Crippen MR) is 65.7 cm³/mol. The lowest BCUT2D eigenvalue weighted by Gasteiger charge is -2.12. The number of fused-ring (bicyclic) bond motifs is 1. The fraction of sp³-hybridized carbons (Fsp3) is 0.167. The summed E-state index contributed by atoms with van der Waals surface area (Å²) in [5.74, 6) is 0. The van der Waals surface area contributed by atoms with Crippen LogP contribution >= 0.6 is 15.9 Å². The van der Waals surface area contributed by atoms with Crippen molar-refractivity contribution in [2.45, 2.75) is 6.04 Å². The lowest BCUT2D eigenvalue weighted by molar-refractivity contribution is 0.268. The second-order valence-corrected chi connectivity index (χ2v) is 4.27. The quantitative estimate of drug-likeness (QED) is 0.877. The maximum Gasteiger partial charge on any atom is 0.0624 e. The van der Waals surface area contributed by atoms with Crippen molar-refractivity contribution in [3.8, 4) is 0 Å². The molecule has 0 fully saturated rings. The van der Waals surface area contributed by atoms with Crippen molar-refractivity contribution in [2.75, 3.05) is 6.61 Å². The van der Waals surface area contributed by atoms with Crippen molar-refractivity contribution >= 4 is 26.7 Å². The average Bonchev–Trinajstić information content (AvgIpc) is 2.29. The lowest BCUT2D eigenvalue weighted by atomic mass is 10.0. The molecule has 0 heterocycles.